The van der Waals surface area contributed by atoms with Crippen LogP contribution in [0.3, 0.4) is 0 Å². The molecule has 0 saturated carbocycles. The van der Waals surface area contributed by atoms with Crippen molar-refractivity contribution in [2.45, 2.75) is 25.3 Å². The monoisotopic (exact) mass is 374 g/mol. The van der Waals surface area contributed by atoms with Crippen LogP contribution in [0.5, 0.6) is 0 Å². The molecule has 1 amide bonds. The minimum Gasteiger partial charge on any atom is -0.312 e. The number of nitrogens with zero attached hydrogens (tertiary/aromatic N) is 3. The van der Waals surface area contributed by atoms with Crippen molar-refractivity contribution >= 4 is 11.6 Å². The van der Waals surface area contributed by atoms with Gasteiger partial charge < -0.3 is 10.2 Å². The molecule has 2 aliphatic heterocycles. The number of amides is 1. The molecular weight excluding hydrogens is 348 g/mol. The Balaban J connectivity index is 1.67. The molecule has 0 aromatic heterocycles. The Morgan fingerprint density at radius 3 is 2.79 bits per heavy atom. The summed E-state index contributed by atoms with van der Waals surface area (Å²) >= 11 is 0. The Bertz CT molecular complexity index is 920. The van der Waals surface area contributed by atoms with Gasteiger partial charge in [0.05, 0.1) is 18.2 Å². The van der Waals surface area contributed by atoms with Crippen molar-refractivity contribution < 1.29 is 4.79 Å². The molecule has 1 saturated heterocycles. The Labute approximate surface area is 166 Å². The van der Waals surface area contributed by atoms with Gasteiger partial charge in [0.2, 0.25) is 5.91 Å². The van der Waals surface area contributed by atoms with Crippen molar-refractivity contribution in [3.8, 4) is 6.07 Å². The van der Waals surface area contributed by atoms with Crippen molar-refractivity contribution in [1.29, 1.82) is 5.26 Å². The first kappa shape index (κ1) is 18.7. The van der Waals surface area contributed by atoms with Crippen molar-refractivity contribution in [1.82, 2.24) is 10.2 Å². The quantitative estimate of drug-likeness (QED) is 0.897. The van der Waals surface area contributed by atoms with E-state index in [9.17, 15) is 10.1 Å². The number of hydrogen-bond donors (Lipinski definition) is 1. The van der Waals surface area contributed by atoms with Gasteiger partial charge in [-0.25, -0.2) is 0 Å². The van der Waals surface area contributed by atoms with Crippen LogP contribution in [0.1, 0.15) is 30.5 Å². The molecule has 2 unspecified atom stereocenters. The van der Waals surface area contributed by atoms with Gasteiger partial charge in [0.1, 0.15) is 0 Å². The molecule has 0 radical (unpaired) electrons. The zero-order valence-electron chi connectivity index (χ0n) is 16.5. The van der Waals surface area contributed by atoms with E-state index in [0.717, 1.165) is 30.9 Å². The zero-order chi connectivity index (χ0) is 19.7. The van der Waals surface area contributed by atoms with Gasteiger partial charge in [-0.3, -0.25) is 9.69 Å². The second-order valence-electron chi connectivity index (χ2n) is 8.11. The molecule has 2 aromatic carbocycles. The van der Waals surface area contributed by atoms with E-state index in [1.165, 1.54) is 5.56 Å². The van der Waals surface area contributed by atoms with Crippen LogP contribution < -0.4 is 10.2 Å². The second-order valence-corrected chi connectivity index (χ2v) is 8.11. The van der Waals surface area contributed by atoms with E-state index in [1.54, 1.807) is 0 Å². The third kappa shape index (κ3) is 3.30. The van der Waals surface area contributed by atoms with Gasteiger partial charge in [0, 0.05) is 43.3 Å². The zero-order valence-corrected chi connectivity index (χ0v) is 16.5. The van der Waals surface area contributed by atoms with Crippen molar-refractivity contribution in [3.63, 3.8) is 0 Å². The lowest BCUT2D eigenvalue weighted by atomic mass is 9.78. The standard InChI is InChI=1S/C23H26N4O/c1-17-14-26(11-10-25-17)15-22(28)27-16-23(2,19-6-4-3-5-7-19)20-9-8-18(13-24)12-21(20)27/h3-9,12,17,25H,10-11,14-16H2,1-2H3. The Morgan fingerprint density at radius 2 is 2.07 bits per heavy atom. The maximum absolute atomic E-state index is 13.3. The van der Waals surface area contributed by atoms with Crippen LogP contribution in [0.15, 0.2) is 48.5 Å². The van der Waals surface area contributed by atoms with Gasteiger partial charge in [-0.15, -0.1) is 0 Å². The van der Waals surface area contributed by atoms with E-state index in [0.29, 0.717) is 24.7 Å². The average molecular weight is 374 g/mol. The van der Waals surface area contributed by atoms with Gasteiger partial charge in [0.25, 0.3) is 0 Å². The summed E-state index contributed by atoms with van der Waals surface area (Å²) in [6, 6.07) is 18.7. The summed E-state index contributed by atoms with van der Waals surface area (Å²) < 4.78 is 0. The number of benzene rings is 2. The highest BCUT2D eigenvalue weighted by Crippen LogP contribution is 2.45. The average Bonchev–Trinajstić information content (AvgIpc) is 3.02. The fourth-order valence-corrected chi connectivity index (χ4v) is 4.49. The predicted molar refractivity (Wildman–Crippen MR) is 110 cm³/mol. The van der Waals surface area contributed by atoms with E-state index in [-0.39, 0.29) is 11.3 Å². The number of hydrogen-bond acceptors (Lipinski definition) is 4. The number of fused-ring (bicyclic) bond motifs is 1. The third-order valence-electron chi connectivity index (χ3n) is 6.01. The molecule has 2 aromatic rings. The molecule has 0 aliphatic carbocycles. The van der Waals surface area contributed by atoms with Gasteiger partial charge in [-0.1, -0.05) is 36.4 Å². The van der Waals surface area contributed by atoms with E-state index in [4.69, 9.17) is 0 Å². The van der Waals surface area contributed by atoms with Crippen LogP contribution >= 0.6 is 0 Å². The van der Waals surface area contributed by atoms with Crippen molar-refractivity contribution in [2.75, 3.05) is 37.6 Å². The Morgan fingerprint density at radius 1 is 1.29 bits per heavy atom. The molecule has 0 bridgehead atoms. The number of piperazine rings is 1. The Kier molecular flexibility index (Phi) is 4.92. The molecule has 2 aliphatic rings. The normalized spacial score (nSPS) is 24.6. The highest BCUT2D eigenvalue weighted by Gasteiger charge is 2.42. The molecule has 5 nitrogen and oxygen atoms in total. The molecule has 1 N–H and O–H groups in total. The van der Waals surface area contributed by atoms with Gasteiger partial charge in [-0.2, -0.15) is 5.26 Å². The van der Waals surface area contributed by atoms with E-state index >= 15 is 0 Å². The van der Waals surface area contributed by atoms with Gasteiger partial charge >= 0.3 is 0 Å². The molecule has 4 rings (SSSR count). The summed E-state index contributed by atoms with van der Waals surface area (Å²) in [5.74, 6) is 0.102. The van der Waals surface area contributed by atoms with Crippen LogP contribution in [0.25, 0.3) is 0 Å². The number of carbonyl (C=O) groups excluding carboxylic acids is 1. The molecule has 1 fully saturated rings. The van der Waals surface area contributed by atoms with Crippen LogP contribution in [0.4, 0.5) is 5.69 Å². The maximum atomic E-state index is 13.3. The number of anilines is 1. The minimum absolute atomic E-state index is 0.102. The number of nitriles is 1. The lowest BCUT2D eigenvalue weighted by Crippen LogP contribution is -2.52. The van der Waals surface area contributed by atoms with Crippen LogP contribution in [-0.4, -0.2) is 49.6 Å². The van der Waals surface area contributed by atoms with Gasteiger partial charge in [0.15, 0.2) is 0 Å². The first-order valence-electron chi connectivity index (χ1n) is 9.87. The minimum atomic E-state index is -0.281. The van der Waals surface area contributed by atoms with Crippen molar-refractivity contribution in [2.24, 2.45) is 0 Å². The smallest absolute Gasteiger partial charge is 0.241 e. The fourth-order valence-electron chi connectivity index (χ4n) is 4.49. The molecular formula is C23H26N4O. The summed E-state index contributed by atoms with van der Waals surface area (Å²) in [5, 5.41) is 12.8. The largest absolute Gasteiger partial charge is 0.312 e. The lowest BCUT2D eigenvalue weighted by Gasteiger charge is -2.33. The van der Waals surface area contributed by atoms with E-state index in [2.05, 4.69) is 42.3 Å². The number of carbonyl (C=O) groups is 1. The van der Waals surface area contributed by atoms with Crippen LogP contribution in [-0.2, 0) is 10.2 Å². The van der Waals surface area contributed by atoms with Crippen LogP contribution in [0.2, 0.25) is 0 Å². The molecule has 28 heavy (non-hydrogen) atoms. The predicted octanol–water partition coefficient (Wildman–Crippen LogP) is 2.50. The highest BCUT2D eigenvalue weighted by atomic mass is 16.2. The molecule has 2 atom stereocenters. The molecule has 144 valence electrons. The first-order chi connectivity index (χ1) is 13.5. The second kappa shape index (κ2) is 7.38. The summed E-state index contributed by atoms with van der Waals surface area (Å²) in [6.07, 6.45) is 0. The SMILES string of the molecule is CC1CN(CC(=O)N2CC(C)(c3ccccc3)c3ccc(C#N)cc32)CCN1. The van der Waals surface area contributed by atoms with E-state index < -0.39 is 0 Å². The summed E-state index contributed by atoms with van der Waals surface area (Å²) in [7, 11) is 0. The third-order valence-corrected chi connectivity index (χ3v) is 6.01. The number of rotatable bonds is 3. The van der Waals surface area contributed by atoms with Crippen LogP contribution in [0, 0.1) is 11.3 Å². The highest BCUT2D eigenvalue weighted by molar-refractivity contribution is 5.98. The lowest BCUT2D eigenvalue weighted by molar-refractivity contribution is -0.120. The number of nitrogens with one attached hydrogen (secondary N) is 1. The van der Waals surface area contributed by atoms with E-state index in [1.807, 2.05) is 41.3 Å². The molecule has 5 heteroatoms. The fraction of sp³-hybridized carbons (Fsp3) is 0.391. The topological polar surface area (TPSA) is 59.4 Å². The summed E-state index contributed by atoms with van der Waals surface area (Å²) in [4.78, 5) is 17.4. The van der Waals surface area contributed by atoms with Gasteiger partial charge in [-0.05, 0) is 37.1 Å². The summed E-state index contributed by atoms with van der Waals surface area (Å²) in [5.41, 5.74) is 3.48. The maximum Gasteiger partial charge on any atom is 0.241 e. The van der Waals surface area contributed by atoms with Crippen molar-refractivity contribution in [3.05, 3.63) is 65.2 Å². The first-order valence-corrected chi connectivity index (χ1v) is 9.87. The Hall–Kier alpha value is -2.68. The summed E-state index contributed by atoms with van der Waals surface area (Å²) in [6.45, 7) is 8.01. The molecule has 2 heterocycles. The molecule has 0 spiro atoms.